The van der Waals surface area contributed by atoms with E-state index in [1.807, 2.05) is 54.6 Å². The number of nitrogens with zero attached hydrogens (tertiary/aromatic N) is 4. The van der Waals surface area contributed by atoms with Gasteiger partial charge in [-0.1, -0.05) is 41.4 Å². The summed E-state index contributed by atoms with van der Waals surface area (Å²) in [5, 5.41) is 5.34. The van der Waals surface area contributed by atoms with Gasteiger partial charge in [-0.2, -0.15) is 5.10 Å². The summed E-state index contributed by atoms with van der Waals surface area (Å²) in [6.07, 6.45) is 3.83. The van der Waals surface area contributed by atoms with Gasteiger partial charge < -0.3 is 14.5 Å². The number of carbonyl (C=O) groups is 2. The summed E-state index contributed by atoms with van der Waals surface area (Å²) in [7, 11) is 0. The lowest BCUT2D eigenvalue weighted by molar-refractivity contribution is 0.0203. The minimum absolute atomic E-state index is 0.0226. The number of halogens is 1. The number of piperidine rings is 1. The average molecular weight is 549 g/mol. The molecule has 2 aliphatic rings. The Morgan fingerprint density at radius 3 is 2.15 bits per heavy atom. The van der Waals surface area contributed by atoms with Gasteiger partial charge in [0.25, 0.3) is 5.91 Å². The molecule has 39 heavy (non-hydrogen) atoms. The minimum Gasteiger partial charge on any atom is -0.444 e. The number of aromatic nitrogens is 2. The number of hydrogen-bond donors (Lipinski definition) is 0. The maximum absolute atomic E-state index is 13.9. The fourth-order valence-electron chi connectivity index (χ4n) is 5.59. The first kappa shape index (κ1) is 27.3. The Labute approximate surface area is 235 Å². The van der Waals surface area contributed by atoms with Gasteiger partial charge in [0.15, 0.2) is 0 Å². The quantitative estimate of drug-likeness (QED) is 0.369. The van der Waals surface area contributed by atoms with Gasteiger partial charge in [-0.3, -0.25) is 4.79 Å². The number of ether oxygens (including phenoxy) is 1. The molecule has 5 rings (SSSR count). The molecule has 0 N–H and O–H groups in total. The van der Waals surface area contributed by atoms with E-state index in [4.69, 9.17) is 21.4 Å². The van der Waals surface area contributed by atoms with E-state index in [1.165, 1.54) is 11.1 Å². The predicted octanol–water partition coefficient (Wildman–Crippen LogP) is 6.58. The van der Waals surface area contributed by atoms with Crippen molar-refractivity contribution in [1.82, 2.24) is 19.6 Å². The second-order valence-electron chi connectivity index (χ2n) is 11.7. The van der Waals surface area contributed by atoms with Gasteiger partial charge in [-0.25, -0.2) is 9.48 Å². The van der Waals surface area contributed by atoms with Crippen molar-refractivity contribution in [2.75, 3.05) is 26.2 Å². The third-order valence-electron chi connectivity index (χ3n) is 7.67. The van der Waals surface area contributed by atoms with Gasteiger partial charge in [0.1, 0.15) is 5.60 Å². The molecule has 2 aliphatic heterocycles. The summed E-state index contributed by atoms with van der Waals surface area (Å²) in [6, 6.07) is 16.1. The number of amides is 2. The van der Waals surface area contributed by atoms with E-state index in [2.05, 4.69) is 31.2 Å². The van der Waals surface area contributed by atoms with E-state index in [-0.39, 0.29) is 17.9 Å². The first-order valence-corrected chi connectivity index (χ1v) is 14.1. The first-order chi connectivity index (χ1) is 18.6. The normalized spacial score (nSPS) is 18.4. The molecule has 0 saturated carbocycles. The van der Waals surface area contributed by atoms with E-state index < -0.39 is 5.60 Å². The molecule has 2 fully saturated rings. The Hall–Kier alpha value is -3.32. The van der Waals surface area contributed by atoms with Gasteiger partial charge in [0.05, 0.1) is 23.1 Å². The molecule has 1 aromatic heterocycles. The Kier molecular flexibility index (Phi) is 7.72. The van der Waals surface area contributed by atoms with Gasteiger partial charge in [-0.15, -0.1) is 0 Å². The third kappa shape index (κ3) is 6.14. The van der Waals surface area contributed by atoms with Crippen LogP contribution in [0.2, 0.25) is 5.02 Å². The molecule has 1 atom stereocenters. The predicted molar refractivity (Wildman–Crippen MR) is 153 cm³/mol. The molecule has 7 nitrogen and oxygen atoms in total. The van der Waals surface area contributed by atoms with Crippen LogP contribution in [0.1, 0.15) is 79.0 Å². The molecule has 3 aromatic rings. The van der Waals surface area contributed by atoms with Crippen molar-refractivity contribution in [2.24, 2.45) is 0 Å². The van der Waals surface area contributed by atoms with Crippen LogP contribution >= 0.6 is 11.6 Å². The largest absolute Gasteiger partial charge is 0.444 e. The molecule has 0 spiro atoms. The lowest BCUT2D eigenvalue weighted by Crippen LogP contribution is -2.41. The highest BCUT2D eigenvalue weighted by Gasteiger charge is 2.35. The Balaban J connectivity index is 1.39. The summed E-state index contributed by atoms with van der Waals surface area (Å²) in [5.74, 6) is 0.437. The number of hydrogen-bond acceptors (Lipinski definition) is 4. The Morgan fingerprint density at radius 1 is 0.897 bits per heavy atom. The van der Waals surface area contributed by atoms with Crippen LogP contribution in [0.3, 0.4) is 0 Å². The van der Waals surface area contributed by atoms with Crippen molar-refractivity contribution in [2.45, 2.75) is 64.4 Å². The van der Waals surface area contributed by atoms with E-state index in [1.54, 1.807) is 11.1 Å². The number of carbonyl (C=O) groups excluding carboxylic acids is 2. The lowest BCUT2D eigenvalue weighted by atomic mass is 9.90. The topological polar surface area (TPSA) is 67.7 Å². The van der Waals surface area contributed by atoms with E-state index in [9.17, 15) is 9.59 Å². The van der Waals surface area contributed by atoms with Crippen molar-refractivity contribution in [3.8, 4) is 5.69 Å². The van der Waals surface area contributed by atoms with Gasteiger partial charge in [-0.05, 0) is 76.8 Å². The van der Waals surface area contributed by atoms with Crippen molar-refractivity contribution in [1.29, 1.82) is 0 Å². The van der Waals surface area contributed by atoms with Crippen LogP contribution in [-0.2, 0) is 4.74 Å². The van der Waals surface area contributed by atoms with Crippen molar-refractivity contribution < 1.29 is 14.3 Å². The van der Waals surface area contributed by atoms with Crippen LogP contribution in [0.15, 0.2) is 54.7 Å². The van der Waals surface area contributed by atoms with Crippen LogP contribution in [0, 0.1) is 6.92 Å². The van der Waals surface area contributed by atoms with Crippen LogP contribution in [0.5, 0.6) is 0 Å². The van der Waals surface area contributed by atoms with Gasteiger partial charge >= 0.3 is 6.09 Å². The fraction of sp³-hybridized carbons (Fsp3) is 0.452. The second kappa shape index (κ2) is 11.0. The average Bonchev–Trinajstić information content (AvgIpc) is 3.57. The third-order valence-corrected chi connectivity index (χ3v) is 7.92. The zero-order valence-corrected chi connectivity index (χ0v) is 23.9. The molecule has 206 valence electrons. The maximum atomic E-state index is 13.9. The van der Waals surface area contributed by atoms with Crippen molar-refractivity contribution in [3.63, 3.8) is 0 Å². The number of aryl methyl sites for hydroxylation is 1. The summed E-state index contributed by atoms with van der Waals surface area (Å²) in [6.45, 7) is 10.3. The molecule has 0 aliphatic carbocycles. The second-order valence-corrected chi connectivity index (χ2v) is 12.2. The summed E-state index contributed by atoms with van der Waals surface area (Å²) >= 11 is 6.15. The highest BCUT2D eigenvalue weighted by atomic mass is 35.5. The number of likely N-dealkylation sites (tertiary alicyclic amines) is 2. The van der Waals surface area contributed by atoms with E-state index >= 15 is 0 Å². The molecule has 2 amide bonds. The van der Waals surface area contributed by atoms with Crippen molar-refractivity contribution >= 4 is 23.6 Å². The molecule has 8 heteroatoms. The van der Waals surface area contributed by atoms with Crippen LogP contribution in [0.4, 0.5) is 4.79 Å². The molecule has 2 aromatic carbocycles. The van der Waals surface area contributed by atoms with E-state index in [0.717, 1.165) is 37.2 Å². The summed E-state index contributed by atoms with van der Waals surface area (Å²) < 4.78 is 7.47. The summed E-state index contributed by atoms with van der Waals surface area (Å²) in [5.41, 5.74) is 4.40. The lowest BCUT2D eigenvalue weighted by Gasteiger charge is -2.34. The molecular weight excluding hydrogens is 512 g/mol. The molecule has 2 saturated heterocycles. The zero-order valence-electron chi connectivity index (χ0n) is 23.2. The number of rotatable bonds is 4. The van der Waals surface area contributed by atoms with Crippen LogP contribution < -0.4 is 0 Å². The summed E-state index contributed by atoms with van der Waals surface area (Å²) in [4.78, 5) is 30.3. The van der Waals surface area contributed by atoms with Crippen molar-refractivity contribution in [3.05, 3.63) is 82.1 Å². The standard InChI is InChI=1S/C31H37ClN4O3/c1-21-5-7-22(8-6-21)24-15-18-35(20-24)29(37)27-19-33-36(26-11-9-25(32)10-12-26)28(27)23-13-16-34(17-14-23)30(38)39-31(2,3)4/h5-12,19,23-24H,13-18,20H2,1-4H3. The van der Waals surface area contributed by atoms with Crippen LogP contribution in [0.25, 0.3) is 5.69 Å². The Bertz CT molecular complexity index is 1320. The number of benzene rings is 2. The van der Waals surface area contributed by atoms with Gasteiger partial charge in [0.2, 0.25) is 0 Å². The zero-order chi connectivity index (χ0) is 27.7. The maximum Gasteiger partial charge on any atom is 0.410 e. The highest BCUT2D eigenvalue weighted by Crippen LogP contribution is 2.35. The molecule has 1 unspecified atom stereocenters. The SMILES string of the molecule is Cc1ccc(C2CCN(C(=O)c3cnn(-c4ccc(Cl)cc4)c3C3CCN(C(=O)OC(C)(C)C)CC3)C2)cc1. The smallest absolute Gasteiger partial charge is 0.410 e. The molecule has 3 heterocycles. The monoisotopic (exact) mass is 548 g/mol. The minimum atomic E-state index is -0.535. The first-order valence-electron chi connectivity index (χ1n) is 13.8. The molecule has 0 radical (unpaired) electrons. The fourth-order valence-corrected chi connectivity index (χ4v) is 5.72. The highest BCUT2D eigenvalue weighted by molar-refractivity contribution is 6.30. The molecular formula is C31H37ClN4O3. The molecule has 0 bridgehead atoms. The van der Waals surface area contributed by atoms with Gasteiger partial charge in [0, 0.05) is 43.0 Å². The van der Waals surface area contributed by atoms with E-state index in [0.29, 0.717) is 36.1 Å². The Morgan fingerprint density at radius 2 is 1.51 bits per heavy atom. The van der Waals surface area contributed by atoms with Crippen LogP contribution in [-0.4, -0.2) is 63.4 Å².